The number of hydrogen-bond acceptors (Lipinski definition) is 8. The first-order valence-electron chi connectivity index (χ1n) is 9.27. The minimum atomic E-state index is -0.785. The molecule has 1 aromatic carbocycles. The second kappa shape index (κ2) is 9.21. The van der Waals surface area contributed by atoms with Crippen LogP contribution in [-0.4, -0.2) is 58.8 Å². The van der Waals surface area contributed by atoms with Crippen LogP contribution in [-0.2, 0) is 16.0 Å². The van der Waals surface area contributed by atoms with Crippen molar-refractivity contribution in [3.63, 3.8) is 0 Å². The molecular weight excluding hydrogens is 390 g/mol. The summed E-state index contributed by atoms with van der Waals surface area (Å²) in [5.74, 6) is 0.215. The summed E-state index contributed by atoms with van der Waals surface area (Å²) in [5.41, 5.74) is 2.52. The van der Waals surface area contributed by atoms with Crippen LogP contribution in [0.15, 0.2) is 24.3 Å². The largest absolute Gasteiger partial charge is 0.493 e. The predicted molar refractivity (Wildman–Crippen MR) is 107 cm³/mol. The molecule has 0 fully saturated rings. The van der Waals surface area contributed by atoms with Crippen molar-refractivity contribution < 1.29 is 23.8 Å². The van der Waals surface area contributed by atoms with Crippen molar-refractivity contribution in [1.82, 2.24) is 24.9 Å². The molecule has 2 heterocycles. The van der Waals surface area contributed by atoms with Crippen LogP contribution < -0.4 is 14.8 Å². The molecule has 0 saturated carbocycles. The van der Waals surface area contributed by atoms with E-state index in [4.69, 9.17) is 14.2 Å². The number of esters is 1. The van der Waals surface area contributed by atoms with Gasteiger partial charge in [0.1, 0.15) is 0 Å². The maximum atomic E-state index is 12.1. The number of nitrogens with one attached hydrogen (secondary N) is 1. The van der Waals surface area contributed by atoms with Crippen molar-refractivity contribution in [1.29, 1.82) is 0 Å². The molecule has 1 N–H and O–H groups in total. The van der Waals surface area contributed by atoms with Crippen LogP contribution >= 0.6 is 0 Å². The molecule has 0 saturated heterocycles. The van der Waals surface area contributed by atoms with Gasteiger partial charge in [0.05, 0.1) is 14.2 Å². The highest BCUT2D eigenvalue weighted by Crippen LogP contribution is 2.27. The van der Waals surface area contributed by atoms with Gasteiger partial charge in [-0.05, 0) is 44.0 Å². The molecule has 2 aromatic heterocycles. The highest BCUT2D eigenvalue weighted by Gasteiger charge is 2.17. The SMILES string of the molecule is COc1ccc(CCNC(=O)COC(=O)c2nc3nc(C)cc(C)n3n2)cc1OC. The molecule has 0 radical (unpaired) electrons. The fraction of sp³-hybridized carbons (Fsp3) is 0.350. The lowest BCUT2D eigenvalue weighted by atomic mass is 10.1. The number of ether oxygens (including phenoxy) is 3. The van der Waals surface area contributed by atoms with Crippen LogP contribution in [0.25, 0.3) is 5.78 Å². The van der Waals surface area contributed by atoms with Crippen molar-refractivity contribution in [3.8, 4) is 11.5 Å². The standard InChI is InChI=1S/C20H23N5O5/c1-12-9-13(2)25-20(22-12)23-18(24-25)19(27)30-11-17(26)21-8-7-14-5-6-15(28-3)16(10-14)29-4/h5-6,9-10H,7-8,11H2,1-4H3,(H,21,26). The Morgan fingerprint density at radius 1 is 1.07 bits per heavy atom. The molecule has 0 aliphatic heterocycles. The molecule has 3 rings (SSSR count). The fourth-order valence-electron chi connectivity index (χ4n) is 2.88. The Labute approximate surface area is 173 Å². The number of carbonyl (C=O) groups is 2. The Morgan fingerprint density at radius 3 is 2.57 bits per heavy atom. The number of hydrogen-bond donors (Lipinski definition) is 1. The highest BCUT2D eigenvalue weighted by molar-refractivity contribution is 5.88. The van der Waals surface area contributed by atoms with Crippen LogP contribution in [0.5, 0.6) is 11.5 Å². The minimum Gasteiger partial charge on any atom is -0.493 e. The molecule has 30 heavy (non-hydrogen) atoms. The van der Waals surface area contributed by atoms with Crippen LogP contribution in [0, 0.1) is 13.8 Å². The third kappa shape index (κ3) is 4.83. The lowest BCUT2D eigenvalue weighted by Crippen LogP contribution is -2.30. The first kappa shape index (κ1) is 21.0. The molecule has 10 nitrogen and oxygen atoms in total. The first-order valence-corrected chi connectivity index (χ1v) is 9.27. The second-order valence-electron chi connectivity index (χ2n) is 6.55. The monoisotopic (exact) mass is 413 g/mol. The summed E-state index contributed by atoms with van der Waals surface area (Å²) in [6.07, 6.45) is 0.582. The van der Waals surface area contributed by atoms with Gasteiger partial charge in [0.15, 0.2) is 18.1 Å². The van der Waals surface area contributed by atoms with Gasteiger partial charge in [-0.2, -0.15) is 4.98 Å². The van der Waals surface area contributed by atoms with Crippen LogP contribution in [0.4, 0.5) is 0 Å². The number of rotatable bonds is 8. The van der Waals surface area contributed by atoms with E-state index in [0.717, 1.165) is 17.0 Å². The molecule has 10 heteroatoms. The number of carbonyl (C=O) groups excluding carboxylic acids is 2. The Bertz CT molecular complexity index is 1080. The van der Waals surface area contributed by atoms with Crippen molar-refractivity contribution in [3.05, 3.63) is 47.0 Å². The number of aryl methyl sites for hydroxylation is 2. The van der Waals surface area contributed by atoms with Crippen LogP contribution in [0.1, 0.15) is 27.6 Å². The third-order valence-corrected chi connectivity index (χ3v) is 4.32. The molecule has 1 amide bonds. The number of fused-ring (bicyclic) bond motifs is 1. The lowest BCUT2D eigenvalue weighted by molar-refractivity contribution is -0.124. The normalized spacial score (nSPS) is 10.7. The number of methoxy groups -OCH3 is 2. The molecule has 0 aliphatic rings. The van der Waals surface area contributed by atoms with E-state index in [2.05, 4.69) is 20.4 Å². The Balaban J connectivity index is 1.49. The summed E-state index contributed by atoms with van der Waals surface area (Å²) < 4.78 is 16.9. The van der Waals surface area contributed by atoms with E-state index in [1.807, 2.05) is 32.0 Å². The van der Waals surface area contributed by atoms with Gasteiger partial charge >= 0.3 is 5.97 Å². The number of benzene rings is 1. The average Bonchev–Trinajstić information content (AvgIpc) is 3.16. The maximum absolute atomic E-state index is 12.1. The summed E-state index contributed by atoms with van der Waals surface area (Å²) in [4.78, 5) is 32.4. The number of aromatic nitrogens is 4. The topological polar surface area (TPSA) is 117 Å². The van der Waals surface area contributed by atoms with Gasteiger partial charge in [-0.25, -0.2) is 14.3 Å². The predicted octanol–water partition coefficient (Wildman–Crippen LogP) is 1.27. The molecule has 3 aromatic rings. The van der Waals surface area contributed by atoms with Crippen molar-refractivity contribution in [2.45, 2.75) is 20.3 Å². The highest BCUT2D eigenvalue weighted by atomic mass is 16.5. The van der Waals surface area contributed by atoms with Gasteiger partial charge < -0.3 is 19.5 Å². The van der Waals surface area contributed by atoms with E-state index in [1.165, 1.54) is 4.52 Å². The van der Waals surface area contributed by atoms with E-state index in [1.54, 1.807) is 20.3 Å². The molecule has 0 bridgehead atoms. The van der Waals surface area contributed by atoms with E-state index in [9.17, 15) is 9.59 Å². The Morgan fingerprint density at radius 2 is 1.83 bits per heavy atom. The fourth-order valence-corrected chi connectivity index (χ4v) is 2.88. The molecule has 0 spiro atoms. The smallest absolute Gasteiger partial charge is 0.378 e. The molecule has 0 aliphatic carbocycles. The number of nitrogens with zero attached hydrogens (tertiary/aromatic N) is 4. The zero-order chi connectivity index (χ0) is 21.7. The summed E-state index contributed by atoms with van der Waals surface area (Å²) in [7, 11) is 3.13. The Hall–Kier alpha value is -3.69. The van der Waals surface area contributed by atoms with Crippen LogP contribution in [0.3, 0.4) is 0 Å². The minimum absolute atomic E-state index is 0.144. The van der Waals surface area contributed by atoms with Gasteiger partial charge in [-0.1, -0.05) is 6.07 Å². The van der Waals surface area contributed by atoms with E-state index in [-0.39, 0.29) is 5.82 Å². The third-order valence-electron chi connectivity index (χ3n) is 4.32. The first-order chi connectivity index (χ1) is 14.4. The summed E-state index contributed by atoms with van der Waals surface area (Å²) in [6.45, 7) is 3.61. The van der Waals surface area contributed by atoms with Gasteiger partial charge in [-0.15, -0.1) is 5.10 Å². The average molecular weight is 413 g/mol. The Kier molecular flexibility index (Phi) is 6.45. The van der Waals surface area contributed by atoms with Crippen molar-refractivity contribution in [2.75, 3.05) is 27.4 Å². The van der Waals surface area contributed by atoms with Crippen molar-refractivity contribution >= 4 is 17.7 Å². The van der Waals surface area contributed by atoms with E-state index in [0.29, 0.717) is 30.2 Å². The molecular formula is C20H23N5O5. The lowest BCUT2D eigenvalue weighted by Gasteiger charge is -2.10. The maximum Gasteiger partial charge on any atom is 0.378 e. The zero-order valence-electron chi connectivity index (χ0n) is 17.3. The van der Waals surface area contributed by atoms with Crippen LogP contribution in [0.2, 0.25) is 0 Å². The number of amides is 1. The molecule has 158 valence electrons. The van der Waals surface area contributed by atoms with Gasteiger partial charge in [0.2, 0.25) is 0 Å². The van der Waals surface area contributed by atoms with Gasteiger partial charge in [-0.3, -0.25) is 4.79 Å². The second-order valence-corrected chi connectivity index (χ2v) is 6.55. The van der Waals surface area contributed by atoms with Gasteiger partial charge in [0.25, 0.3) is 17.5 Å². The summed E-state index contributed by atoms with van der Waals surface area (Å²) >= 11 is 0. The van der Waals surface area contributed by atoms with Crippen molar-refractivity contribution in [2.24, 2.45) is 0 Å². The molecule has 0 unspecified atom stereocenters. The molecule has 0 atom stereocenters. The summed E-state index contributed by atoms with van der Waals surface area (Å²) in [6, 6.07) is 7.36. The van der Waals surface area contributed by atoms with E-state index < -0.39 is 18.5 Å². The quantitative estimate of drug-likeness (QED) is 0.549. The van der Waals surface area contributed by atoms with Gasteiger partial charge in [0, 0.05) is 17.9 Å². The zero-order valence-corrected chi connectivity index (χ0v) is 17.3. The summed E-state index contributed by atoms with van der Waals surface area (Å²) in [5, 5.41) is 6.78. The van der Waals surface area contributed by atoms with E-state index >= 15 is 0 Å².